The number of methoxy groups -OCH3 is 1. The van der Waals surface area contributed by atoms with Crippen LogP contribution in [-0.4, -0.2) is 30.4 Å². The molecule has 0 radical (unpaired) electrons. The van der Waals surface area contributed by atoms with Gasteiger partial charge in [-0.05, 0) is 55.4 Å². The van der Waals surface area contributed by atoms with Crippen LogP contribution in [0.3, 0.4) is 0 Å². The van der Waals surface area contributed by atoms with E-state index in [1.807, 2.05) is 0 Å². The number of hydrogen-bond donors (Lipinski definition) is 2. The molecule has 2 aliphatic carbocycles. The van der Waals surface area contributed by atoms with Gasteiger partial charge in [-0.3, -0.25) is 0 Å². The molecule has 2 N–H and O–H groups in total. The van der Waals surface area contributed by atoms with E-state index in [0.717, 1.165) is 31.4 Å². The van der Waals surface area contributed by atoms with Crippen molar-refractivity contribution in [2.24, 2.45) is 0 Å². The van der Waals surface area contributed by atoms with E-state index in [4.69, 9.17) is 4.74 Å². The molecule has 3 nitrogen and oxygen atoms in total. The molecule has 1 saturated carbocycles. The number of aryl methyl sites for hydroxylation is 1. The van der Waals surface area contributed by atoms with Crippen molar-refractivity contribution in [2.75, 3.05) is 7.11 Å². The van der Waals surface area contributed by atoms with E-state index in [-0.39, 0.29) is 12.1 Å². The van der Waals surface area contributed by atoms with Gasteiger partial charge in [0.15, 0.2) is 0 Å². The lowest BCUT2D eigenvalue weighted by Crippen LogP contribution is -2.47. The number of hydrogen-bond acceptors (Lipinski definition) is 3. The molecular weight excluding hydrogens is 262 g/mol. The zero-order valence-electron chi connectivity index (χ0n) is 13.0. The van der Waals surface area contributed by atoms with Gasteiger partial charge in [0.25, 0.3) is 0 Å². The molecule has 0 saturated heterocycles. The van der Waals surface area contributed by atoms with Crippen molar-refractivity contribution in [3.8, 4) is 5.75 Å². The fourth-order valence-corrected chi connectivity index (χ4v) is 3.79. The van der Waals surface area contributed by atoms with Crippen LogP contribution in [0.1, 0.15) is 49.7 Å². The second-order valence-corrected chi connectivity index (χ2v) is 6.55. The Hall–Kier alpha value is -1.06. The van der Waals surface area contributed by atoms with Crippen molar-refractivity contribution in [2.45, 2.75) is 69.6 Å². The highest BCUT2D eigenvalue weighted by Crippen LogP contribution is 2.27. The smallest absolute Gasteiger partial charge is 0.119 e. The SMILES string of the molecule is COc1ccc2c(c1)CC(NC1CCCCCC1O)CC2. The van der Waals surface area contributed by atoms with E-state index < -0.39 is 0 Å². The fraction of sp³-hybridized carbons (Fsp3) is 0.667. The Balaban J connectivity index is 1.65. The predicted octanol–water partition coefficient (Wildman–Crippen LogP) is 2.84. The van der Waals surface area contributed by atoms with Crippen LogP contribution in [0.15, 0.2) is 18.2 Å². The molecule has 3 heteroatoms. The van der Waals surface area contributed by atoms with E-state index in [0.29, 0.717) is 6.04 Å². The maximum atomic E-state index is 10.3. The number of fused-ring (bicyclic) bond motifs is 1. The van der Waals surface area contributed by atoms with Crippen LogP contribution in [0, 0.1) is 0 Å². The third-order valence-corrected chi connectivity index (χ3v) is 5.07. The molecule has 0 spiro atoms. The number of rotatable bonds is 3. The Kier molecular flexibility index (Phi) is 4.81. The minimum atomic E-state index is -0.167. The normalized spacial score (nSPS) is 29.5. The number of aliphatic hydroxyl groups is 1. The van der Waals surface area contributed by atoms with Crippen molar-refractivity contribution in [3.05, 3.63) is 29.3 Å². The van der Waals surface area contributed by atoms with Gasteiger partial charge in [-0.2, -0.15) is 0 Å². The first-order chi connectivity index (χ1) is 10.3. The average molecular weight is 289 g/mol. The van der Waals surface area contributed by atoms with Crippen molar-refractivity contribution in [1.82, 2.24) is 5.32 Å². The summed E-state index contributed by atoms with van der Waals surface area (Å²) in [6, 6.07) is 7.20. The quantitative estimate of drug-likeness (QED) is 0.841. The lowest BCUT2D eigenvalue weighted by atomic mass is 9.87. The van der Waals surface area contributed by atoms with Crippen LogP contribution in [0.5, 0.6) is 5.75 Å². The summed E-state index contributed by atoms with van der Waals surface area (Å²) in [6.45, 7) is 0. The molecule has 0 heterocycles. The molecule has 0 aromatic heterocycles. The summed E-state index contributed by atoms with van der Waals surface area (Å²) in [7, 11) is 1.72. The second-order valence-electron chi connectivity index (χ2n) is 6.55. The van der Waals surface area contributed by atoms with E-state index in [9.17, 15) is 5.11 Å². The fourth-order valence-electron chi connectivity index (χ4n) is 3.79. The first-order valence-electron chi connectivity index (χ1n) is 8.36. The maximum Gasteiger partial charge on any atom is 0.119 e. The molecule has 1 fully saturated rings. The summed E-state index contributed by atoms with van der Waals surface area (Å²) in [4.78, 5) is 0. The van der Waals surface area contributed by atoms with E-state index in [2.05, 4.69) is 23.5 Å². The largest absolute Gasteiger partial charge is 0.497 e. The topological polar surface area (TPSA) is 41.5 Å². The standard InChI is InChI=1S/C18H27NO2/c1-21-16-10-8-13-7-9-15(11-14(13)12-16)19-17-5-3-2-4-6-18(17)20/h8,10,12,15,17-20H,2-7,9,11H2,1H3. The first kappa shape index (κ1) is 14.9. The number of benzene rings is 1. The molecule has 0 amide bonds. The Labute approximate surface area is 127 Å². The third kappa shape index (κ3) is 3.58. The highest BCUT2D eigenvalue weighted by atomic mass is 16.5. The lowest BCUT2D eigenvalue weighted by molar-refractivity contribution is 0.112. The molecule has 1 aromatic carbocycles. The van der Waals surface area contributed by atoms with Crippen LogP contribution in [0.4, 0.5) is 0 Å². The predicted molar refractivity (Wildman–Crippen MR) is 84.8 cm³/mol. The van der Waals surface area contributed by atoms with Crippen molar-refractivity contribution in [3.63, 3.8) is 0 Å². The van der Waals surface area contributed by atoms with E-state index in [1.54, 1.807) is 7.11 Å². The molecule has 116 valence electrons. The molecular formula is C18H27NO2. The van der Waals surface area contributed by atoms with Gasteiger partial charge in [-0.25, -0.2) is 0 Å². The molecule has 0 aliphatic heterocycles. The zero-order chi connectivity index (χ0) is 14.7. The summed E-state index contributed by atoms with van der Waals surface area (Å²) in [5, 5.41) is 14.0. The van der Waals surface area contributed by atoms with Crippen LogP contribution in [-0.2, 0) is 12.8 Å². The highest BCUT2D eigenvalue weighted by Gasteiger charge is 2.26. The van der Waals surface area contributed by atoms with Gasteiger partial charge in [0, 0.05) is 12.1 Å². The number of aliphatic hydroxyl groups excluding tert-OH is 1. The van der Waals surface area contributed by atoms with Crippen molar-refractivity contribution >= 4 is 0 Å². The van der Waals surface area contributed by atoms with Gasteiger partial charge in [0.1, 0.15) is 5.75 Å². The Morgan fingerprint density at radius 1 is 1.10 bits per heavy atom. The summed E-state index contributed by atoms with van der Waals surface area (Å²) < 4.78 is 5.34. The lowest BCUT2D eigenvalue weighted by Gasteiger charge is -2.31. The van der Waals surface area contributed by atoms with Crippen molar-refractivity contribution < 1.29 is 9.84 Å². The minimum absolute atomic E-state index is 0.167. The highest BCUT2D eigenvalue weighted by molar-refractivity contribution is 5.37. The molecule has 1 aromatic rings. The molecule has 21 heavy (non-hydrogen) atoms. The van der Waals surface area contributed by atoms with Crippen LogP contribution >= 0.6 is 0 Å². The minimum Gasteiger partial charge on any atom is -0.497 e. The van der Waals surface area contributed by atoms with E-state index >= 15 is 0 Å². The average Bonchev–Trinajstić information content (AvgIpc) is 2.71. The number of nitrogens with one attached hydrogen (secondary N) is 1. The maximum absolute atomic E-state index is 10.3. The summed E-state index contributed by atoms with van der Waals surface area (Å²) in [5.41, 5.74) is 2.86. The summed E-state index contributed by atoms with van der Waals surface area (Å²) >= 11 is 0. The van der Waals surface area contributed by atoms with E-state index in [1.165, 1.54) is 36.8 Å². The number of ether oxygens (including phenoxy) is 1. The second kappa shape index (κ2) is 6.80. The Morgan fingerprint density at radius 2 is 1.95 bits per heavy atom. The zero-order valence-corrected chi connectivity index (χ0v) is 13.0. The van der Waals surface area contributed by atoms with Gasteiger partial charge < -0.3 is 15.2 Å². The Morgan fingerprint density at radius 3 is 2.81 bits per heavy atom. The van der Waals surface area contributed by atoms with Gasteiger partial charge >= 0.3 is 0 Å². The van der Waals surface area contributed by atoms with Crippen LogP contribution in [0.2, 0.25) is 0 Å². The van der Waals surface area contributed by atoms with Crippen LogP contribution < -0.4 is 10.1 Å². The van der Waals surface area contributed by atoms with Crippen molar-refractivity contribution in [1.29, 1.82) is 0 Å². The van der Waals surface area contributed by atoms with Gasteiger partial charge in [0.05, 0.1) is 13.2 Å². The van der Waals surface area contributed by atoms with Gasteiger partial charge in [0.2, 0.25) is 0 Å². The molecule has 3 rings (SSSR count). The molecule has 2 aliphatic rings. The molecule has 3 unspecified atom stereocenters. The molecule has 0 bridgehead atoms. The Bertz CT molecular complexity index is 474. The summed E-state index contributed by atoms with van der Waals surface area (Å²) in [5.74, 6) is 0.948. The van der Waals surface area contributed by atoms with Gasteiger partial charge in [-0.15, -0.1) is 0 Å². The summed E-state index contributed by atoms with van der Waals surface area (Å²) in [6.07, 6.45) is 8.92. The molecule has 3 atom stereocenters. The third-order valence-electron chi connectivity index (χ3n) is 5.07. The monoisotopic (exact) mass is 289 g/mol. The van der Waals surface area contributed by atoms with Crippen LogP contribution in [0.25, 0.3) is 0 Å². The first-order valence-corrected chi connectivity index (χ1v) is 8.36. The van der Waals surface area contributed by atoms with Gasteiger partial charge in [-0.1, -0.05) is 25.3 Å².